The SMILES string of the molecule is CCOc1ccc(/C=N\OCC(=O)Nc2ccc(OCc3ccccc3)cc2)cc1. The number of amides is 1. The van der Waals surface area contributed by atoms with Crippen molar-refractivity contribution in [2.24, 2.45) is 5.16 Å². The van der Waals surface area contributed by atoms with Crippen molar-refractivity contribution in [2.75, 3.05) is 18.5 Å². The van der Waals surface area contributed by atoms with E-state index in [1.165, 1.54) is 0 Å². The zero-order valence-corrected chi connectivity index (χ0v) is 16.8. The van der Waals surface area contributed by atoms with E-state index in [0.29, 0.717) is 18.9 Å². The van der Waals surface area contributed by atoms with Crippen molar-refractivity contribution in [2.45, 2.75) is 13.5 Å². The Hall–Kier alpha value is -3.80. The number of carbonyl (C=O) groups excluding carboxylic acids is 1. The van der Waals surface area contributed by atoms with Crippen LogP contribution in [0.3, 0.4) is 0 Å². The van der Waals surface area contributed by atoms with E-state index in [2.05, 4.69) is 10.5 Å². The van der Waals surface area contributed by atoms with Crippen LogP contribution in [0.15, 0.2) is 84.0 Å². The molecule has 0 radical (unpaired) electrons. The Morgan fingerprint density at radius 1 is 0.900 bits per heavy atom. The largest absolute Gasteiger partial charge is 0.494 e. The summed E-state index contributed by atoms with van der Waals surface area (Å²) in [6, 6.07) is 24.5. The summed E-state index contributed by atoms with van der Waals surface area (Å²) in [4.78, 5) is 17.0. The highest BCUT2D eigenvalue weighted by atomic mass is 16.6. The number of oxime groups is 1. The maximum atomic E-state index is 12.0. The van der Waals surface area contributed by atoms with E-state index < -0.39 is 0 Å². The van der Waals surface area contributed by atoms with Gasteiger partial charge in [0.25, 0.3) is 5.91 Å². The van der Waals surface area contributed by atoms with Gasteiger partial charge in [-0.2, -0.15) is 0 Å². The molecule has 6 nitrogen and oxygen atoms in total. The fraction of sp³-hybridized carbons (Fsp3) is 0.167. The van der Waals surface area contributed by atoms with Crippen LogP contribution in [0, 0.1) is 0 Å². The van der Waals surface area contributed by atoms with Crippen LogP contribution < -0.4 is 14.8 Å². The van der Waals surface area contributed by atoms with Crippen LogP contribution in [0.1, 0.15) is 18.1 Å². The number of ether oxygens (including phenoxy) is 2. The molecular formula is C24H24N2O4. The minimum Gasteiger partial charge on any atom is -0.494 e. The van der Waals surface area contributed by atoms with Gasteiger partial charge >= 0.3 is 0 Å². The first-order valence-electron chi connectivity index (χ1n) is 9.68. The predicted octanol–water partition coefficient (Wildman–Crippen LogP) is 4.65. The molecule has 0 aromatic heterocycles. The molecule has 30 heavy (non-hydrogen) atoms. The van der Waals surface area contributed by atoms with E-state index in [1.807, 2.05) is 73.7 Å². The van der Waals surface area contributed by atoms with Crippen molar-refractivity contribution in [1.29, 1.82) is 0 Å². The van der Waals surface area contributed by atoms with Crippen LogP contribution in [-0.4, -0.2) is 25.3 Å². The average Bonchev–Trinajstić information content (AvgIpc) is 2.78. The van der Waals surface area contributed by atoms with Crippen molar-refractivity contribution < 1.29 is 19.1 Å². The van der Waals surface area contributed by atoms with Gasteiger partial charge in [-0.15, -0.1) is 0 Å². The molecule has 154 valence electrons. The van der Waals surface area contributed by atoms with Crippen molar-refractivity contribution in [3.8, 4) is 11.5 Å². The van der Waals surface area contributed by atoms with Gasteiger partial charge in [-0.05, 0) is 66.6 Å². The van der Waals surface area contributed by atoms with Gasteiger partial charge in [0.15, 0.2) is 6.61 Å². The Balaban J connectivity index is 1.39. The second-order valence-electron chi connectivity index (χ2n) is 6.36. The Bertz CT molecular complexity index is 939. The summed E-state index contributed by atoms with van der Waals surface area (Å²) in [5, 5.41) is 6.57. The van der Waals surface area contributed by atoms with Crippen LogP contribution >= 0.6 is 0 Å². The maximum Gasteiger partial charge on any atom is 0.265 e. The van der Waals surface area contributed by atoms with Crippen LogP contribution in [0.25, 0.3) is 0 Å². The third kappa shape index (κ3) is 6.98. The summed E-state index contributed by atoms with van der Waals surface area (Å²) in [5.41, 5.74) is 2.61. The fourth-order valence-corrected chi connectivity index (χ4v) is 2.58. The summed E-state index contributed by atoms with van der Waals surface area (Å²) in [6.07, 6.45) is 1.54. The molecule has 6 heteroatoms. The molecule has 3 aromatic carbocycles. The predicted molar refractivity (Wildman–Crippen MR) is 117 cm³/mol. The molecule has 0 unspecified atom stereocenters. The molecule has 0 saturated heterocycles. The lowest BCUT2D eigenvalue weighted by molar-refractivity contribution is -0.120. The van der Waals surface area contributed by atoms with Crippen molar-refractivity contribution in [3.63, 3.8) is 0 Å². The number of anilines is 1. The van der Waals surface area contributed by atoms with Crippen molar-refractivity contribution in [3.05, 3.63) is 90.0 Å². The summed E-state index contributed by atoms with van der Waals surface area (Å²) < 4.78 is 11.1. The number of benzene rings is 3. The molecule has 0 bridgehead atoms. The van der Waals surface area contributed by atoms with Crippen molar-refractivity contribution in [1.82, 2.24) is 0 Å². The molecule has 0 aliphatic heterocycles. The Labute approximate surface area is 176 Å². The standard InChI is InChI=1S/C24H24N2O4/c1-2-28-22-12-8-19(9-13-22)16-25-30-18-24(27)26-21-10-14-23(15-11-21)29-17-20-6-4-3-5-7-20/h3-16H,2,17-18H2,1H3,(H,26,27)/b25-16-. The van der Waals surface area contributed by atoms with Crippen LogP contribution in [0.4, 0.5) is 5.69 Å². The van der Waals surface area contributed by atoms with Gasteiger partial charge < -0.3 is 19.6 Å². The second-order valence-corrected chi connectivity index (χ2v) is 6.36. The monoisotopic (exact) mass is 404 g/mol. The zero-order chi connectivity index (χ0) is 21.0. The summed E-state index contributed by atoms with van der Waals surface area (Å²) in [6.45, 7) is 2.87. The topological polar surface area (TPSA) is 69.2 Å². The van der Waals surface area contributed by atoms with E-state index in [0.717, 1.165) is 22.6 Å². The molecule has 3 rings (SSSR count). The number of carbonyl (C=O) groups is 1. The van der Waals surface area contributed by atoms with Crippen LogP contribution in [0.2, 0.25) is 0 Å². The molecule has 0 saturated carbocycles. The summed E-state index contributed by atoms with van der Waals surface area (Å²) in [7, 11) is 0. The first-order chi connectivity index (χ1) is 14.7. The summed E-state index contributed by atoms with van der Waals surface area (Å²) in [5.74, 6) is 1.23. The first-order valence-corrected chi connectivity index (χ1v) is 9.68. The molecule has 1 amide bonds. The number of nitrogens with zero attached hydrogens (tertiary/aromatic N) is 1. The highest BCUT2D eigenvalue weighted by Gasteiger charge is 2.03. The third-order valence-electron chi connectivity index (χ3n) is 4.05. The Kier molecular flexibility index (Phi) is 7.85. The van der Waals surface area contributed by atoms with Gasteiger partial charge in [-0.25, -0.2) is 0 Å². The molecule has 0 aliphatic rings. The van der Waals surface area contributed by atoms with E-state index in [-0.39, 0.29) is 12.5 Å². The zero-order valence-electron chi connectivity index (χ0n) is 16.8. The lowest BCUT2D eigenvalue weighted by atomic mass is 10.2. The second kappa shape index (κ2) is 11.3. The molecule has 0 fully saturated rings. The molecule has 1 N–H and O–H groups in total. The van der Waals surface area contributed by atoms with E-state index in [1.54, 1.807) is 18.3 Å². The van der Waals surface area contributed by atoms with Gasteiger partial charge in [0.05, 0.1) is 12.8 Å². The minimum atomic E-state index is -0.295. The number of hydrogen-bond acceptors (Lipinski definition) is 5. The number of rotatable bonds is 10. The van der Waals surface area contributed by atoms with Gasteiger partial charge in [-0.3, -0.25) is 4.79 Å². The molecule has 0 aliphatic carbocycles. The quantitative estimate of drug-likeness (QED) is 0.394. The number of nitrogens with one attached hydrogen (secondary N) is 1. The molecule has 0 heterocycles. The maximum absolute atomic E-state index is 12.0. The highest BCUT2D eigenvalue weighted by molar-refractivity contribution is 5.91. The molecule has 0 spiro atoms. The molecule has 3 aromatic rings. The Morgan fingerprint density at radius 3 is 2.27 bits per heavy atom. The lowest BCUT2D eigenvalue weighted by Crippen LogP contribution is -2.16. The first kappa shape index (κ1) is 20.9. The lowest BCUT2D eigenvalue weighted by Gasteiger charge is -2.08. The van der Waals surface area contributed by atoms with Crippen LogP contribution in [0.5, 0.6) is 11.5 Å². The smallest absolute Gasteiger partial charge is 0.265 e. The summed E-state index contributed by atoms with van der Waals surface area (Å²) >= 11 is 0. The van der Waals surface area contributed by atoms with Crippen molar-refractivity contribution >= 4 is 17.8 Å². The molecular weight excluding hydrogens is 380 g/mol. The van der Waals surface area contributed by atoms with Gasteiger partial charge in [0.1, 0.15) is 18.1 Å². The van der Waals surface area contributed by atoms with E-state index in [9.17, 15) is 4.79 Å². The normalized spacial score (nSPS) is 10.6. The Morgan fingerprint density at radius 2 is 1.57 bits per heavy atom. The van der Waals surface area contributed by atoms with Gasteiger partial charge in [0.2, 0.25) is 0 Å². The average molecular weight is 404 g/mol. The van der Waals surface area contributed by atoms with E-state index >= 15 is 0 Å². The molecule has 0 atom stereocenters. The highest BCUT2D eigenvalue weighted by Crippen LogP contribution is 2.17. The third-order valence-corrected chi connectivity index (χ3v) is 4.05. The minimum absolute atomic E-state index is 0.181. The van der Waals surface area contributed by atoms with Gasteiger partial charge in [0, 0.05) is 5.69 Å². The van der Waals surface area contributed by atoms with Gasteiger partial charge in [-0.1, -0.05) is 35.5 Å². The van der Waals surface area contributed by atoms with Crippen LogP contribution in [-0.2, 0) is 16.2 Å². The van der Waals surface area contributed by atoms with E-state index in [4.69, 9.17) is 14.3 Å². The fourth-order valence-electron chi connectivity index (χ4n) is 2.58. The number of hydrogen-bond donors (Lipinski definition) is 1.